The highest BCUT2D eigenvalue weighted by Gasteiger charge is 2.21. The lowest BCUT2D eigenvalue weighted by Gasteiger charge is -2.35. The Hall–Kier alpha value is -2.04. The molecule has 4 nitrogen and oxygen atoms in total. The van der Waals surface area contributed by atoms with Crippen molar-refractivity contribution >= 4 is 0 Å². The zero-order valence-corrected chi connectivity index (χ0v) is 15.2. The second kappa shape index (κ2) is 8.88. The normalized spacial score (nSPS) is 16.4. The van der Waals surface area contributed by atoms with Crippen LogP contribution in [0.5, 0.6) is 11.5 Å². The van der Waals surface area contributed by atoms with E-state index in [1.54, 1.807) is 7.11 Å². The summed E-state index contributed by atoms with van der Waals surface area (Å²) in [4.78, 5) is 2.55. The second-order valence-electron chi connectivity index (χ2n) is 6.39. The molecule has 1 N–H and O–H groups in total. The summed E-state index contributed by atoms with van der Waals surface area (Å²) in [6.45, 7) is 7.10. The summed E-state index contributed by atoms with van der Waals surface area (Å²) in [6.07, 6.45) is 1.09. The fraction of sp³-hybridized carbons (Fsp3) is 0.429. The van der Waals surface area contributed by atoms with Crippen molar-refractivity contribution in [3.8, 4) is 11.5 Å². The van der Waals surface area contributed by atoms with Gasteiger partial charge in [-0.25, -0.2) is 0 Å². The Bertz CT molecular complexity index is 654. The smallest absolute Gasteiger partial charge is 0.161 e. The number of nitrogens with one attached hydrogen (secondary N) is 1. The Morgan fingerprint density at radius 2 is 1.80 bits per heavy atom. The zero-order chi connectivity index (χ0) is 17.5. The number of benzene rings is 2. The molecule has 2 aromatic rings. The minimum absolute atomic E-state index is 0.430. The minimum Gasteiger partial charge on any atom is -0.493 e. The average molecular weight is 340 g/mol. The first kappa shape index (κ1) is 17.8. The highest BCUT2D eigenvalue weighted by molar-refractivity contribution is 5.44. The van der Waals surface area contributed by atoms with Gasteiger partial charge in [-0.05, 0) is 29.7 Å². The van der Waals surface area contributed by atoms with Crippen molar-refractivity contribution < 1.29 is 9.47 Å². The molecular weight excluding hydrogens is 312 g/mol. The highest BCUT2D eigenvalue weighted by atomic mass is 16.5. The topological polar surface area (TPSA) is 33.7 Å². The molecule has 0 radical (unpaired) electrons. The van der Waals surface area contributed by atoms with Crippen LogP contribution in [-0.2, 0) is 6.61 Å². The predicted molar refractivity (Wildman–Crippen MR) is 101 cm³/mol. The van der Waals surface area contributed by atoms with E-state index < -0.39 is 0 Å². The van der Waals surface area contributed by atoms with Crippen LogP contribution in [0.4, 0.5) is 0 Å². The lowest BCUT2D eigenvalue weighted by Crippen LogP contribution is -2.45. The van der Waals surface area contributed by atoms with Gasteiger partial charge in [-0.15, -0.1) is 0 Å². The maximum absolute atomic E-state index is 5.98. The predicted octanol–water partition coefficient (Wildman–Crippen LogP) is 3.63. The molecule has 1 atom stereocenters. The third-order valence-electron chi connectivity index (χ3n) is 4.79. The molecule has 1 aliphatic heterocycles. The lowest BCUT2D eigenvalue weighted by molar-refractivity contribution is 0.169. The van der Waals surface area contributed by atoms with E-state index in [1.165, 1.54) is 5.56 Å². The number of ether oxygens (including phenoxy) is 2. The van der Waals surface area contributed by atoms with E-state index in [0.29, 0.717) is 12.6 Å². The molecule has 0 saturated carbocycles. The first-order valence-corrected chi connectivity index (χ1v) is 9.11. The third-order valence-corrected chi connectivity index (χ3v) is 4.79. The minimum atomic E-state index is 0.430. The fourth-order valence-corrected chi connectivity index (χ4v) is 3.44. The van der Waals surface area contributed by atoms with E-state index in [-0.39, 0.29) is 0 Å². The molecule has 2 aromatic carbocycles. The Morgan fingerprint density at radius 3 is 2.48 bits per heavy atom. The Balaban J connectivity index is 1.73. The van der Waals surface area contributed by atoms with Gasteiger partial charge in [0.2, 0.25) is 0 Å². The zero-order valence-electron chi connectivity index (χ0n) is 15.2. The maximum Gasteiger partial charge on any atom is 0.161 e. The Morgan fingerprint density at radius 1 is 1.04 bits per heavy atom. The van der Waals surface area contributed by atoms with Crippen LogP contribution in [0.1, 0.15) is 30.5 Å². The standard InChI is InChI=1S/C21H28N2O2/c1-3-19(23-13-11-22-12-14-23)18-9-10-20(21(15-18)24-2)25-16-17-7-5-4-6-8-17/h4-10,15,19,22H,3,11-14,16H2,1-2H3/t19-/m0/s1. The van der Waals surface area contributed by atoms with Crippen molar-refractivity contribution in [1.29, 1.82) is 0 Å². The van der Waals surface area contributed by atoms with Gasteiger partial charge in [-0.3, -0.25) is 4.90 Å². The van der Waals surface area contributed by atoms with Crippen LogP contribution in [-0.4, -0.2) is 38.2 Å². The number of piperazine rings is 1. The molecular formula is C21H28N2O2. The monoisotopic (exact) mass is 340 g/mol. The van der Waals surface area contributed by atoms with E-state index >= 15 is 0 Å². The number of nitrogens with zero attached hydrogens (tertiary/aromatic N) is 1. The van der Waals surface area contributed by atoms with Crippen molar-refractivity contribution in [3.05, 3.63) is 59.7 Å². The second-order valence-corrected chi connectivity index (χ2v) is 6.39. The molecule has 0 aliphatic carbocycles. The summed E-state index contributed by atoms with van der Waals surface area (Å²) in [5.41, 5.74) is 2.45. The van der Waals surface area contributed by atoms with Crippen molar-refractivity contribution in [2.75, 3.05) is 33.3 Å². The van der Waals surface area contributed by atoms with E-state index in [2.05, 4.69) is 41.4 Å². The van der Waals surface area contributed by atoms with Crippen LogP contribution in [0.15, 0.2) is 48.5 Å². The van der Waals surface area contributed by atoms with Gasteiger partial charge in [0.1, 0.15) is 6.61 Å². The van der Waals surface area contributed by atoms with Gasteiger partial charge in [-0.2, -0.15) is 0 Å². The molecule has 4 heteroatoms. The quantitative estimate of drug-likeness (QED) is 0.834. The number of hydrogen-bond acceptors (Lipinski definition) is 4. The molecule has 134 valence electrons. The maximum atomic E-state index is 5.98. The summed E-state index contributed by atoms with van der Waals surface area (Å²) in [7, 11) is 1.71. The molecule has 0 aromatic heterocycles. The summed E-state index contributed by atoms with van der Waals surface area (Å²) in [5, 5.41) is 3.42. The molecule has 0 spiro atoms. The Kier molecular flexibility index (Phi) is 6.31. The molecule has 0 bridgehead atoms. The highest BCUT2D eigenvalue weighted by Crippen LogP contribution is 2.34. The van der Waals surface area contributed by atoms with Gasteiger partial charge in [0.25, 0.3) is 0 Å². The van der Waals surface area contributed by atoms with E-state index in [0.717, 1.165) is 49.7 Å². The number of hydrogen-bond donors (Lipinski definition) is 1. The average Bonchev–Trinajstić information content (AvgIpc) is 2.69. The third kappa shape index (κ3) is 4.53. The van der Waals surface area contributed by atoms with Crippen molar-refractivity contribution in [3.63, 3.8) is 0 Å². The van der Waals surface area contributed by atoms with Crippen molar-refractivity contribution in [2.24, 2.45) is 0 Å². The summed E-state index contributed by atoms with van der Waals surface area (Å²) in [5.74, 6) is 1.60. The Labute approximate surface area is 150 Å². The van der Waals surface area contributed by atoms with Crippen LogP contribution in [0.25, 0.3) is 0 Å². The van der Waals surface area contributed by atoms with Crippen molar-refractivity contribution in [1.82, 2.24) is 10.2 Å². The molecule has 0 amide bonds. The number of methoxy groups -OCH3 is 1. The lowest BCUT2D eigenvalue weighted by atomic mass is 10.0. The number of rotatable bonds is 7. The molecule has 3 rings (SSSR count). The van der Waals surface area contributed by atoms with Gasteiger partial charge < -0.3 is 14.8 Å². The van der Waals surface area contributed by atoms with Crippen LogP contribution in [0.2, 0.25) is 0 Å². The molecule has 1 fully saturated rings. The van der Waals surface area contributed by atoms with Gasteiger partial charge in [0.15, 0.2) is 11.5 Å². The molecule has 1 saturated heterocycles. The van der Waals surface area contributed by atoms with Gasteiger partial charge in [0.05, 0.1) is 7.11 Å². The first-order valence-electron chi connectivity index (χ1n) is 9.11. The fourth-order valence-electron chi connectivity index (χ4n) is 3.44. The largest absolute Gasteiger partial charge is 0.493 e. The van der Waals surface area contributed by atoms with Gasteiger partial charge >= 0.3 is 0 Å². The van der Waals surface area contributed by atoms with Crippen LogP contribution in [0, 0.1) is 0 Å². The van der Waals surface area contributed by atoms with E-state index in [4.69, 9.17) is 9.47 Å². The van der Waals surface area contributed by atoms with E-state index in [1.807, 2.05) is 24.3 Å². The molecule has 1 heterocycles. The first-order chi connectivity index (χ1) is 12.3. The summed E-state index contributed by atoms with van der Waals surface area (Å²) >= 11 is 0. The molecule has 25 heavy (non-hydrogen) atoms. The van der Waals surface area contributed by atoms with Crippen LogP contribution >= 0.6 is 0 Å². The van der Waals surface area contributed by atoms with Crippen LogP contribution in [0.3, 0.4) is 0 Å². The molecule has 0 unspecified atom stereocenters. The van der Waals surface area contributed by atoms with Crippen LogP contribution < -0.4 is 14.8 Å². The molecule has 1 aliphatic rings. The van der Waals surface area contributed by atoms with Gasteiger partial charge in [-0.1, -0.05) is 43.3 Å². The van der Waals surface area contributed by atoms with Crippen molar-refractivity contribution in [2.45, 2.75) is 26.0 Å². The summed E-state index contributed by atoms with van der Waals surface area (Å²) < 4.78 is 11.6. The van der Waals surface area contributed by atoms with E-state index in [9.17, 15) is 0 Å². The SMILES string of the molecule is CC[C@@H](c1ccc(OCc2ccccc2)c(OC)c1)N1CCNCC1. The summed E-state index contributed by atoms with van der Waals surface area (Å²) in [6, 6.07) is 17.0. The van der Waals surface area contributed by atoms with Gasteiger partial charge in [0, 0.05) is 32.2 Å².